The van der Waals surface area contributed by atoms with Gasteiger partial charge in [0, 0.05) is 41.1 Å². The molecule has 0 fully saturated rings. The van der Waals surface area contributed by atoms with Crippen molar-refractivity contribution in [3.8, 4) is 17.2 Å². The molecule has 1 aromatic heterocycles. The first-order valence-electron chi connectivity index (χ1n) is 11.6. The summed E-state index contributed by atoms with van der Waals surface area (Å²) in [4.78, 5) is 12.7. The van der Waals surface area contributed by atoms with Gasteiger partial charge in [-0.15, -0.1) is 0 Å². The molecule has 0 bridgehead atoms. The number of carbonyl (C=O) groups excluding carboxylic acids is 1. The van der Waals surface area contributed by atoms with Crippen LogP contribution >= 0.6 is 0 Å². The Bertz CT molecular complexity index is 1250. The highest BCUT2D eigenvalue weighted by Crippen LogP contribution is 2.41. The van der Waals surface area contributed by atoms with Crippen LogP contribution in [0.1, 0.15) is 54.7 Å². The molecule has 5 rings (SSSR count). The SMILES string of the molecule is CCOc1c(/C(C)=C/C(=O)NCc2ccc3c(c2)OCO3)cc2c3c(oc2c1C)CCCC3. The number of aryl methyl sites for hydroxylation is 3. The number of amides is 1. The molecule has 2 aromatic carbocycles. The molecular weight excluding hydrogens is 418 g/mol. The Labute approximate surface area is 193 Å². The van der Waals surface area contributed by atoms with E-state index in [4.69, 9.17) is 18.6 Å². The monoisotopic (exact) mass is 447 g/mol. The van der Waals surface area contributed by atoms with Gasteiger partial charge >= 0.3 is 0 Å². The van der Waals surface area contributed by atoms with E-state index in [-0.39, 0.29) is 12.7 Å². The molecule has 3 aromatic rings. The van der Waals surface area contributed by atoms with Gasteiger partial charge in [-0.25, -0.2) is 0 Å². The van der Waals surface area contributed by atoms with Gasteiger partial charge in [-0.3, -0.25) is 4.79 Å². The summed E-state index contributed by atoms with van der Waals surface area (Å²) in [6.45, 7) is 7.15. The minimum absolute atomic E-state index is 0.153. The second kappa shape index (κ2) is 8.85. The predicted octanol–water partition coefficient (Wildman–Crippen LogP) is 5.47. The van der Waals surface area contributed by atoms with E-state index < -0.39 is 0 Å². The minimum Gasteiger partial charge on any atom is -0.493 e. The van der Waals surface area contributed by atoms with E-state index in [1.807, 2.05) is 39.0 Å². The molecule has 0 unspecified atom stereocenters. The van der Waals surface area contributed by atoms with Crippen LogP contribution in [0.4, 0.5) is 0 Å². The van der Waals surface area contributed by atoms with Crippen LogP contribution in [0, 0.1) is 6.92 Å². The Kier molecular flexibility index (Phi) is 5.75. The van der Waals surface area contributed by atoms with Gasteiger partial charge in [0.15, 0.2) is 11.5 Å². The van der Waals surface area contributed by atoms with Crippen molar-refractivity contribution in [2.45, 2.75) is 53.0 Å². The Morgan fingerprint density at radius 2 is 1.97 bits per heavy atom. The maximum atomic E-state index is 12.7. The van der Waals surface area contributed by atoms with Crippen LogP contribution in [0.15, 0.2) is 34.8 Å². The van der Waals surface area contributed by atoms with Gasteiger partial charge in [-0.2, -0.15) is 0 Å². The lowest BCUT2D eigenvalue weighted by molar-refractivity contribution is -0.116. The van der Waals surface area contributed by atoms with Gasteiger partial charge < -0.3 is 23.9 Å². The minimum atomic E-state index is -0.153. The van der Waals surface area contributed by atoms with E-state index in [1.54, 1.807) is 6.08 Å². The number of ether oxygens (including phenoxy) is 3. The summed E-state index contributed by atoms with van der Waals surface area (Å²) < 4.78 is 23.0. The van der Waals surface area contributed by atoms with Crippen molar-refractivity contribution < 1.29 is 23.4 Å². The van der Waals surface area contributed by atoms with Crippen molar-refractivity contribution >= 4 is 22.4 Å². The highest BCUT2D eigenvalue weighted by atomic mass is 16.7. The van der Waals surface area contributed by atoms with Crippen LogP contribution in [-0.2, 0) is 24.2 Å². The molecule has 1 aliphatic carbocycles. The summed E-state index contributed by atoms with van der Waals surface area (Å²) in [7, 11) is 0. The summed E-state index contributed by atoms with van der Waals surface area (Å²) in [5.41, 5.74) is 5.97. The van der Waals surface area contributed by atoms with Crippen molar-refractivity contribution in [2.24, 2.45) is 0 Å². The Balaban J connectivity index is 1.41. The molecule has 2 aliphatic rings. The standard InChI is InChI=1S/C27H29NO5/c1-4-30-26-17(3)27-21(19-7-5-6-8-22(19)33-27)13-20(26)16(2)11-25(29)28-14-18-9-10-23-24(12-18)32-15-31-23/h9-13H,4-8,14-15H2,1-3H3,(H,28,29)/b16-11+. The number of benzene rings is 2. The third-order valence-corrected chi connectivity index (χ3v) is 6.39. The lowest BCUT2D eigenvalue weighted by Gasteiger charge is -2.15. The van der Waals surface area contributed by atoms with E-state index in [1.165, 1.54) is 18.4 Å². The number of carbonyl (C=O) groups is 1. The van der Waals surface area contributed by atoms with Gasteiger partial charge in [-0.1, -0.05) is 6.07 Å². The summed E-state index contributed by atoms with van der Waals surface area (Å²) in [6.07, 6.45) is 6.01. The largest absolute Gasteiger partial charge is 0.493 e. The van der Waals surface area contributed by atoms with E-state index in [0.29, 0.717) is 18.9 Å². The van der Waals surface area contributed by atoms with Crippen LogP contribution < -0.4 is 19.5 Å². The van der Waals surface area contributed by atoms with Gasteiger partial charge in [0.2, 0.25) is 12.7 Å². The van der Waals surface area contributed by atoms with Crippen molar-refractivity contribution in [3.05, 3.63) is 58.4 Å². The van der Waals surface area contributed by atoms with Crippen LogP contribution in [0.25, 0.3) is 16.5 Å². The molecule has 0 saturated carbocycles. The van der Waals surface area contributed by atoms with E-state index in [2.05, 4.69) is 11.4 Å². The quantitative estimate of drug-likeness (QED) is 0.508. The fourth-order valence-electron chi connectivity index (χ4n) is 4.73. The first-order chi connectivity index (χ1) is 16.0. The predicted molar refractivity (Wildman–Crippen MR) is 127 cm³/mol. The van der Waals surface area contributed by atoms with Crippen molar-refractivity contribution in [1.82, 2.24) is 5.32 Å². The van der Waals surface area contributed by atoms with Crippen LogP contribution in [0.3, 0.4) is 0 Å². The Morgan fingerprint density at radius 3 is 2.82 bits per heavy atom. The highest BCUT2D eigenvalue weighted by molar-refractivity contribution is 5.98. The van der Waals surface area contributed by atoms with Gasteiger partial charge in [0.1, 0.15) is 17.1 Å². The van der Waals surface area contributed by atoms with E-state index in [0.717, 1.165) is 63.3 Å². The first kappa shape index (κ1) is 21.4. The van der Waals surface area contributed by atoms with E-state index in [9.17, 15) is 4.79 Å². The number of rotatable bonds is 6. The number of fused-ring (bicyclic) bond motifs is 4. The average Bonchev–Trinajstić information content (AvgIpc) is 3.43. The molecular formula is C27H29NO5. The molecule has 33 heavy (non-hydrogen) atoms. The lowest BCUT2D eigenvalue weighted by atomic mass is 9.93. The fourth-order valence-corrected chi connectivity index (χ4v) is 4.73. The van der Waals surface area contributed by atoms with Gasteiger partial charge in [0.25, 0.3) is 0 Å². The van der Waals surface area contributed by atoms with Crippen LogP contribution in [-0.4, -0.2) is 19.3 Å². The zero-order valence-electron chi connectivity index (χ0n) is 19.4. The normalized spacial score (nSPS) is 14.9. The molecule has 0 spiro atoms. The third kappa shape index (κ3) is 4.06. The molecule has 0 radical (unpaired) electrons. The topological polar surface area (TPSA) is 69.9 Å². The molecule has 6 nitrogen and oxygen atoms in total. The highest BCUT2D eigenvalue weighted by Gasteiger charge is 2.23. The molecule has 2 heterocycles. The number of hydrogen-bond donors (Lipinski definition) is 1. The van der Waals surface area contributed by atoms with Crippen molar-refractivity contribution in [2.75, 3.05) is 13.4 Å². The second-order valence-corrected chi connectivity index (χ2v) is 8.63. The molecule has 1 aliphatic heterocycles. The summed E-state index contributed by atoms with van der Waals surface area (Å²) in [5.74, 6) is 3.17. The number of allylic oxidation sites excluding steroid dienone is 1. The maximum absolute atomic E-state index is 12.7. The van der Waals surface area contributed by atoms with Gasteiger partial charge in [0.05, 0.1) is 6.61 Å². The average molecular weight is 448 g/mol. The van der Waals surface area contributed by atoms with Crippen molar-refractivity contribution in [3.63, 3.8) is 0 Å². The Hall–Kier alpha value is -3.41. The molecule has 0 saturated heterocycles. The molecule has 0 atom stereocenters. The summed E-state index contributed by atoms with van der Waals surface area (Å²) in [5, 5.41) is 4.12. The number of nitrogens with one attached hydrogen (secondary N) is 1. The van der Waals surface area contributed by atoms with Crippen LogP contribution in [0.2, 0.25) is 0 Å². The fraction of sp³-hybridized carbons (Fsp3) is 0.370. The zero-order chi connectivity index (χ0) is 22.9. The van der Waals surface area contributed by atoms with Crippen molar-refractivity contribution in [1.29, 1.82) is 0 Å². The maximum Gasteiger partial charge on any atom is 0.244 e. The summed E-state index contributed by atoms with van der Waals surface area (Å²) in [6, 6.07) is 7.82. The van der Waals surface area contributed by atoms with Gasteiger partial charge in [-0.05, 0) is 69.4 Å². The molecule has 1 amide bonds. The summed E-state index contributed by atoms with van der Waals surface area (Å²) >= 11 is 0. The first-order valence-corrected chi connectivity index (χ1v) is 11.6. The number of furan rings is 1. The lowest BCUT2D eigenvalue weighted by Crippen LogP contribution is -2.20. The third-order valence-electron chi connectivity index (χ3n) is 6.39. The van der Waals surface area contributed by atoms with Crippen LogP contribution in [0.5, 0.6) is 17.2 Å². The molecule has 172 valence electrons. The zero-order valence-corrected chi connectivity index (χ0v) is 19.4. The smallest absolute Gasteiger partial charge is 0.244 e. The molecule has 1 N–H and O–H groups in total. The van der Waals surface area contributed by atoms with E-state index >= 15 is 0 Å². The second-order valence-electron chi connectivity index (χ2n) is 8.63. The molecule has 6 heteroatoms. The Morgan fingerprint density at radius 1 is 1.15 bits per heavy atom. The number of hydrogen-bond acceptors (Lipinski definition) is 5.